The molecule has 0 bridgehead atoms. The van der Waals surface area contributed by atoms with Gasteiger partial charge in [-0.1, -0.05) is 38.1 Å². The maximum Gasteiger partial charge on any atom is 0.0948 e. The first-order valence-electron chi connectivity index (χ1n) is 6.59. The Kier molecular flexibility index (Phi) is 5.28. The summed E-state index contributed by atoms with van der Waals surface area (Å²) in [4.78, 5) is 5.37. The first-order valence-corrected chi connectivity index (χ1v) is 7.58. The van der Waals surface area contributed by atoms with Gasteiger partial charge in [-0.25, -0.2) is 4.98 Å². The van der Waals surface area contributed by atoms with Crippen molar-refractivity contribution in [1.29, 1.82) is 0 Å². The lowest BCUT2D eigenvalue weighted by atomic mass is 10.2. The van der Waals surface area contributed by atoms with Gasteiger partial charge in [0.25, 0.3) is 0 Å². The molecule has 0 radical (unpaired) electrons. The highest BCUT2D eigenvalue weighted by Gasteiger charge is 1.97. The van der Waals surface area contributed by atoms with Crippen molar-refractivity contribution in [3.63, 3.8) is 0 Å². The Hall–Kier alpha value is -1.48. The van der Waals surface area contributed by atoms with Crippen LogP contribution in [-0.4, -0.2) is 15.3 Å². The number of nitrogens with zero attached hydrogens (tertiary/aromatic N) is 2. The number of hydrogen-bond acceptors (Lipinski definition) is 2. The summed E-state index contributed by atoms with van der Waals surface area (Å²) < 4.78 is 2.04. The van der Waals surface area contributed by atoms with Gasteiger partial charge in [0.1, 0.15) is 0 Å². The second kappa shape index (κ2) is 7.19. The first-order chi connectivity index (χ1) is 9.24. The maximum atomic E-state index is 4.02. The van der Waals surface area contributed by atoms with Crippen LogP contribution >= 0.6 is 11.8 Å². The summed E-state index contributed by atoms with van der Waals surface area (Å²) in [6.07, 6.45) is 9.90. The van der Waals surface area contributed by atoms with Crippen molar-refractivity contribution >= 4 is 17.8 Å². The Bertz CT molecular complexity index is 498. The van der Waals surface area contributed by atoms with Gasteiger partial charge in [-0.15, -0.1) is 11.8 Å². The van der Waals surface area contributed by atoms with Crippen LogP contribution in [-0.2, 0) is 6.54 Å². The van der Waals surface area contributed by atoms with E-state index < -0.39 is 0 Å². The average Bonchev–Trinajstić information content (AvgIpc) is 2.91. The topological polar surface area (TPSA) is 17.8 Å². The minimum atomic E-state index is 0.736. The van der Waals surface area contributed by atoms with Gasteiger partial charge in [-0.3, -0.25) is 0 Å². The maximum absolute atomic E-state index is 4.02. The molecule has 3 heteroatoms. The molecule has 0 saturated heterocycles. The Balaban J connectivity index is 1.86. The minimum absolute atomic E-state index is 0.736. The third kappa shape index (κ3) is 4.95. The van der Waals surface area contributed by atoms with Crippen molar-refractivity contribution in [2.75, 3.05) is 5.75 Å². The van der Waals surface area contributed by atoms with Gasteiger partial charge < -0.3 is 4.57 Å². The summed E-state index contributed by atoms with van der Waals surface area (Å²) in [7, 11) is 0. The summed E-state index contributed by atoms with van der Waals surface area (Å²) in [6, 6.07) is 8.74. The molecule has 19 heavy (non-hydrogen) atoms. The monoisotopic (exact) mass is 272 g/mol. The molecule has 0 unspecified atom stereocenters. The van der Waals surface area contributed by atoms with Crippen molar-refractivity contribution in [2.45, 2.75) is 25.3 Å². The number of rotatable bonds is 6. The van der Waals surface area contributed by atoms with Crippen molar-refractivity contribution in [3.05, 3.63) is 54.6 Å². The fraction of sp³-hybridized carbons (Fsp3) is 0.312. The molecular formula is C16H20N2S. The zero-order valence-corrected chi connectivity index (χ0v) is 12.3. The Morgan fingerprint density at radius 2 is 2.05 bits per heavy atom. The molecule has 0 saturated carbocycles. The van der Waals surface area contributed by atoms with Crippen molar-refractivity contribution in [3.8, 4) is 0 Å². The van der Waals surface area contributed by atoms with Crippen LogP contribution in [0.1, 0.15) is 19.4 Å². The highest BCUT2D eigenvalue weighted by Crippen LogP contribution is 2.21. The van der Waals surface area contributed by atoms with Gasteiger partial charge in [0.2, 0.25) is 0 Å². The smallest absolute Gasteiger partial charge is 0.0948 e. The van der Waals surface area contributed by atoms with Crippen LogP contribution < -0.4 is 0 Å². The van der Waals surface area contributed by atoms with Crippen LogP contribution in [0.4, 0.5) is 0 Å². The summed E-state index contributed by atoms with van der Waals surface area (Å²) in [5.74, 6) is 1.91. The largest absolute Gasteiger partial charge is 0.334 e. The van der Waals surface area contributed by atoms with Crippen LogP contribution in [0.3, 0.4) is 0 Å². The lowest BCUT2D eigenvalue weighted by molar-refractivity contribution is 0.750. The third-order valence-corrected chi connectivity index (χ3v) is 4.09. The Morgan fingerprint density at radius 3 is 2.68 bits per heavy atom. The molecule has 0 aliphatic rings. The van der Waals surface area contributed by atoms with E-state index in [2.05, 4.69) is 55.2 Å². The van der Waals surface area contributed by atoms with Gasteiger partial charge in [0, 0.05) is 29.6 Å². The van der Waals surface area contributed by atoms with Crippen LogP contribution in [0.5, 0.6) is 0 Å². The molecule has 1 aromatic heterocycles. The molecule has 0 aliphatic carbocycles. The predicted octanol–water partition coefficient (Wildman–Crippen LogP) is 4.34. The molecule has 0 N–H and O–H groups in total. The molecule has 2 rings (SSSR count). The molecule has 0 aliphatic heterocycles. The molecule has 2 aromatic rings. The zero-order valence-electron chi connectivity index (χ0n) is 11.5. The predicted molar refractivity (Wildman–Crippen MR) is 83.3 cm³/mol. The number of benzene rings is 1. The molecule has 0 amide bonds. The standard InChI is InChI=1S/C16H20N2S/c1-14(2)12-19-16-7-5-15(6-8-16)4-3-10-18-11-9-17-13-18/h3-9,11,13-14H,10,12H2,1-2H3. The van der Waals surface area contributed by atoms with E-state index in [1.807, 2.05) is 28.9 Å². The third-order valence-electron chi connectivity index (χ3n) is 2.65. The van der Waals surface area contributed by atoms with E-state index in [4.69, 9.17) is 0 Å². The quantitative estimate of drug-likeness (QED) is 0.728. The number of imidazole rings is 1. The van der Waals surface area contributed by atoms with Gasteiger partial charge >= 0.3 is 0 Å². The molecule has 0 fully saturated rings. The molecule has 1 aromatic carbocycles. The van der Waals surface area contributed by atoms with Crippen molar-refractivity contribution in [2.24, 2.45) is 5.92 Å². The Morgan fingerprint density at radius 1 is 1.26 bits per heavy atom. The van der Waals surface area contributed by atoms with Crippen LogP contribution in [0, 0.1) is 5.92 Å². The number of hydrogen-bond donors (Lipinski definition) is 0. The van der Waals surface area contributed by atoms with E-state index in [-0.39, 0.29) is 0 Å². The minimum Gasteiger partial charge on any atom is -0.334 e. The molecular weight excluding hydrogens is 252 g/mol. The van der Waals surface area contributed by atoms with E-state index in [0.717, 1.165) is 12.5 Å². The normalized spacial score (nSPS) is 11.5. The van der Waals surface area contributed by atoms with Crippen LogP contribution in [0.15, 0.2) is 54.0 Å². The first kappa shape index (κ1) is 13.9. The fourth-order valence-corrected chi connectivity index (χ4v) is 2.50. The van der Waals surface area contributed by atoms with E-state index in [0.29, 0.717) is 0 Å². The second-order valence-corrected chi connectivity index (χ2v) is 6.03. The average molecular weight is 272 g/mol. The van der Waals surface area contributed by atoms with Crippen LogP contribution in [0.25, 0.3) is 6.08 Å². The molecule has 100 valence electrons. The van der Waals surface area contributed by atoms with E-state index >= 15 is 0 Å². The highest BCUT2D eigenvalue weighted by molar-refractivity contribution is 7.99. The van der Waals surface area contributed by atoms with Gasteiger partial charge in [-0.2, -0.15) is 0 Å². The molecule has 2 nitrogen and oxygen atoms in total. The lowest BCUT2D eigenvalue weighted by Crippen LogP contribution is -1.90. The molecule has 0 atom stereocenters. The van der Waals surface area contributed by atoms with Gasteiger partial charge in [0.05, 0.1) is 6.33 Å². The van der Waals surface area contributed by atoms with E-state index in [1.54, 1.807) is 6.20 Å². The summed E-state index contributed by atoms with van der Waals surface area (Å²) in [5.41, 5.74) is 1.24. The van der Waals surface area contributed by atoms with Gasteiger partial charge in [-0.05, 0) is 23.6 Å². The summed E-state index contributed by atoms with van der Waals surface area (Å²) in [6.45, 7) is 5.37. The number of thioether (sulfide) groups is 1. The van der Waals surface area contributed by atoms with Crippen LogP contribution in [0.2, 0.25) is 0 Å². The Labute approximate surface area is 119 Å². The zero-order chi connectivity index (χ0) is 13.5. The number of aromatic nitrogens is 2. The van der Waals surface area contributed by atoms with Crippen molar-refractivity contribution < 1.29 is 0 Å². The summed E-state index contributed by atoms with van der Waals surface area (Å²) in [5, 5.41) is 0. The highest BCUT2D eigenvalue weighted by atomic mass is 32.2. The molecule has 0 spiro atoms. The second-order valence-electron chi connectivity index (χ2n) is 4.94. The SMILES string of the molecule is CC(C)CSc1ccc(C=CCn2ccnc2)cc1. The van der Waals surface area contributed by atoms with Gasteiger partial charge in [0.15, 0.2) is 0 Å². The van der Waals surface area contributed by atoms with Crippen molar-refractivity contribution in [1.82, 2.24) is 9.55 Å². The molecule has 1 heterocycles. The fourth-order valence-electron chi connectivity index (χ4n) is 1.64. The lowest BCUT2D eigenvalue weighted by Gasteiger charge is -2.04. The van der Waals surface area contributed by atoms with E-state index in [9.17, 15) is 0 Å². The number of allylic oxidation sites excluding steroid dienone is 1. The summed E-state index contributed by atoms with van der Waals surface area (Å²) >= 11 is 1.92. The van der Waals surface area contributed by atoms with E-state index in [1.165, 1.54) is 16.2 Å².